The van der Waals surface area contributed by atoms with E-state index in [2.05, 4.69) is 9.59 Å². The Hall–Kier alpha value is -0.730. The summed E-state index contributed by atoms with van der Waals surface area (Å²) in [6.07, 6.45) is 0. The first kappa shape index (κ1) is 10.8. The molecule has 6 nitrogen and oxygen atoms in total. The lowest BCUT2D eigenvalue weighted by Gasteiger charge is -2.25. The van der Waals surface area contributed by atoms with Gasteiger partial charge in [0.1, 0.15) is 10.7 Å². The van der Waals surface area contributed by atoms with E-state index in [1.807, 2.05) is 4.90 Å². The summed E-state index contributed by atoms with van der Waals surface area (Å²) >= 11 is 1.16. The van der Waals surface area contributed by atoms with Gasteiger partial charge in [0, 0.05) is 31.2 Å². The number of anilines is 1. The van der Waals surface area contributed by atoms with Crippen LogP contribution in [-0.4, -0.2) is 47.5 Å². The zero-order chi connectivity index (χ0) is 10.9. The van der Waals surface area contributed by atoms with E-state index in [-0.39, 0.29) is 11.5 Å². The fourth-order valence-electron chi connectivity index (χ4n) is 1.45. The van der Waals surface area contributed by atoms with E-state index in [9.17, 15) is 8.42 Å². The van der Waals surface area contributed by atoms with Crippen molar-refractivity contribution in [3.05, 3.63) is 5.69 Å². The van der Waals surface area contributed by atoms with Gasteiger partial charge in [-0.05, 0) is 0 Å². The van der Waals surface area contributed by atoms with Crippen molar-refractivity contribution in [1.82, 2.24) is 14.5 Å². The Bertz CT molecular complexity index is 428. The molecule has 0 amide bonds. The predicted molar refractivity (Wildman–Crippen MR) is 58.3 cm³/mol. The van der Waals surface area contributed by atoms with Crippen molar-refractivity contribution in [1.29, 1.82) is 0 Å². The third-order valence-electron chi connectivity index (χ3n) is 2.40. The number of nitrogens with two attached hydrogens (primary N) is 1. The van der Waals surface area contributed by atoms with Crippen LogP contribution in [-0.2, 0) is 16.4 Å². The molecular weight excluding hydrogens is 236 g/mol. The molecule has 2 heterocycles. The molecule has 1 aromatic heterocycles. The van der Waals surface area contributed by atoms with E-state index in [1.165, 1.54) is 0 Å². The Morgan fingerprint density at radius 2 is 2.07 bits per heavy atom. The van der Waals surface area contributed by atoms with Gasteiger partial charge in [0.2, 0.25) is 0 Å². The standard InChI is InChI=1S/C7H12N4O2S2/c8-7-6(9-10-14-7)5-11-1-3-15(12,13)4-2-11/h1-5,8H2. The Balaban J connectivity index is 1.96. The van der Waals surface area contributed by atoms with Crippen molar-refractivity contribution in [2.45, 2.75) is 6.54 Å². The maximum Gasteiger partial charge on any atom is 0.152 e. The highest BCUT2D eigenvalue weighted by Crippen LogP contribution is 2.16. The van der Waals surface area contributed by atoms with Crippen molar-refractivity contribution in [2.24, 2.45) is 0 Å². The summed E-state index contributed by atoms with van der Waals surface area (Å²) in [5.41, 5.74) is 6.41. The largest absolute Gasteiger partial charge is 0.388 e. The van der Waals surface area contributed by atoms with Gasteiger partial charge in [-0.15, -0.1) is 5.10 Å². The molecule has 2 N–H and O–H groups in total. The van der Waals surface area contributed by atoms with E-state index in [0.717, 1.165) is 17.2 Å². The van der Waals surface area contributed by atoms with Gasteiger partial charge in [0.15, 0.2) is 9.84 Å². The minimum atomic E-state index is -2.81. The van der Waals surface area contributed by atoms with Gasteiger partial charge in [-0.1, -0.05) is 4.49 Å². The van der Waals surface area contributed by atoms with Crippen LogP contribution in [0.2, 0.25) is 0 Å². The molecule has 0 radical (unpaired) electrons. The molecule has 1 aromatic rings. The smallest absolute Gasteiger partial charge is 0.152 e. The van der Waals surface area contributed by atoms with Crippen molar-refractivity contribution in [2.75, 3.05) is 30.3 Å². The lowest BCUT2D eigenvalue weighted by molar-refractivity contribution is 0.284. The summed E-state index contributed by atoms with van der Waals surface area (Å²) in [6.45, 7) is 1.70. The molecule has 0 aromatic carbocycles. The molecule has 0 unspecified atom stereocenters. The minimum absolute atomic E-state index is 0.227. The van der Waals surface area contributed by atoms with Crippen LogP contribution in [0.15, 0.2) is 0 Å². The Kier molecular flexibility index (Phi) is 2.89. The van der Waals surface area contributed by atoms with E-state index < -0.39 is 9.84 Å². The fraction of sp³-hybridized carbons (Fsp3) is 0.714. The summed E-state index contributed by atoms with van der Waals surface area (Å²) in [4.78, 5) is 2.04. The highest BCUT2D eigenvalue weighted by molar-refractivity contribution is 7.91. The summed E-state index contributed by atoms with van der Waals surface area (Å²) in [5, 5.41) is 4.51. The van der Waals surface area contributed by atoms with Crippen LogP contribution in [0.5, 0.6) is 0 Å². The van der Waals surface area contributed by atoms with Crippen LogP contribution in [0.1, 0.15) is 5.69 Å². The van der Waals surface area contributed by atoms with Crippen LogP contribution < -0.4 is 5.73 Å². The molecular formula is C7H12N4O2S2. The van der Waals surface area contributed by atoms with Crippen molar-refractivity contribution < 1.29 is 8.42 Å². The van der Waals surface area contributed by atoms with E-state index in [0.29, 0.717) is 24.6 Å². The van der Waals surface area contributed by atoms with E-state index in [4.69, 9.17) is 5.73 Å². The zero-order valence-corrected chi connectivity index (χ0v) is 9.72. The topological polar surface area (TPSA) is 89.2 Å². The van der Waals surface area contributed by atoms with E-state index >= 15 is 0 Å². The number of sulfone groups is 1. The Morgan fingerprint density at radius 3 is 2.60 bits per heavy atom. The summed E-state index contributed by atoms with van der Waals surface area (Å²) in [6, 6.07) is 0. The molecule has 0 spiro atoms. The lowest BCUT2D eigenvalue weighted by atomic mass is 10.4. The Morgan fingerprint density at radius 1 is 1.40 bits per heavy atom. The number of aromatic nitrogens is 2. The van der Waals surface area contributed by atoms with Crippen LogP contribution in [0.25, 0.3) is 0 Å². The predicted octanol–water partition coefficient (Wildman–Crippen LogP) is -0.649. The minimum Gasteiger partial charge on any atom is -0.388 e. The molecule has 0 bridgehead atoms. The average Bonchev–Trinajstić information content (AvgIpc) is 2.56. The van der Waals surface area contributed by atoms with Crippen molar-refractivity contribution in [3.8, 4) is 0 Å². The second-order valence-electron chi connectivity index (χ2n) is 3.51. The molecule has 1 fully saturated rings. The third kappa shape index (κ3) is 2.64. The maximum atomic E-state index is 11.2. The average molecular weight is 248 g/mol. The molecule has 15 heavy (non-hydrogen) atoms. The van der Waals surface area contributed by atoms with Gasteiger partial charge < -0.3 is 5.73 Å². The molecule has 84 valence electrons. The molecule has 2 rings (SSSR count). The highest BCUT2D eigenvalue weighted by atomic mass is 32.2. The monoisotopic (exact) mass is 248 g/mol. The van der Waals surface area contributed by atoms with Gasteiger partial charge in [-0.2, -0.15) is 0 Å². The summed E-state index contributed by atoms with van der Waals surface area (Å²) < 4.78 is 26.1. The van der Waals surface area contributed by atoms with Crippen molar-refractivity contribution >= 4 is 26.4 Å². The molecule has 1 aliphatic rings. The molecule has 0 saturated carbocycles. The van der Waals surface area contributed by atoms with Gasteiger partial charge in [0.25, 0.3) is 0 Å². The number of nitrogens with zero attached hydrogens (tertiary/aromatic N) is 3. The maximum absolute atomic E-state index is 11.2. The molecule has 1 aliphatic heterocycles. The summed E-state index contributed by atoms with van der Waals surface area (Å²) in [7, 11) is -2.81. The van der Waals surface area contributed by atoms with Crippen LogP contribution >= 0.6 is 11.5 Å². The Labute approximate surface area is 92.2 Å². The van der Waals surface area contributed by atoms with Gasteiger partial charge in [-0.3, -0.25) is 4.90 Å². The SMILES string of the molecule is Nc1snnc1CN1CCS(=O)(=O)CC1. The molecule has 8 heteroatoms. The molecule has 0 atom stereocenters. The summed E-state index contributed by atoms with van der Waals surface area (Å²) in [5.74, 6) is 0.453. The first-order chi connectivity index (χ1) is 7.07. The van der Waals surface area contributed by atoms with Crippen LogP contribution in [0.3, 0.4) is 0 Å². The fourth-order valence-corrected chi connectivity index (χ4v) is 3.16. The third-order valence-corrected chi connectivity index (χ3v) is 4.60. The van der Waals surface area contributed by atoms with Crippen LogP contribution in [0.4, 0.5) is 5.00 Å². The number of hydrogen-bond acceptors (Lipinski definition) is 7. The number of rotatable bonds is 2. The van der Waals surface area contributed by atoms with Crippen LogP contribution in [0, 0.1) is 0 Å². The number of nitrogen functional groups attached to an aromatic ring is 1. The van der Waals surface area contributed by atoms with Gasteiger partial charge in [-0.25, -0.2) is 8.42 Å². The first-order valence-electron chi connectivity index (χ1n) is 4.56. The van der Waals surface area contributed by atoms with Gasteiger partial charge >= 0.3 is 0 Å². The van der Waals surface area contributed by atoms with Gasteiger partial charge in [0.05, 0.1) is 11.5 Å². The number of hydrogen-bond donors (Lipinski definition) is 1. The van der Waals surface area contributed by atoms with Crippen molar-refractivity contribution in [3.63, 3.8) is 0 Å². The second-order valence-corrected chi connectivity index (χ2v) is 6.60. The van der Waals surface area contributed by atoms with E-state index in [1.54, 1.807) is 0 Å². The first-order valence-corrected chi connectivity index (χ1v) is 7.16. The second kappa shape index (κ2) is 4.03. The lowest BCUT2D eigenvalue weighted by Crippen LogP contribution is -2.39. The normalized spacial score (nSPS) is 21.6. The quantitative estimate of drug-likeness (QED) is 0.748. The highest BCUT2D eigenvalue weighted by Gasteiger charge is 2.22. The molecule has 0 aliphatic carbocycles. The molecule has 1 saturated heterocycles. The zero-order valence-electron chi connectivity index (χ0n) is 8.09.